The van der Waals surface area contributed by atoms with Crippen LogP contribution in [0.1, 0.15) is 22.8 Å². The number of nitrogens with zero attached hydrogens (tertiary/aromatic N) is 3. The van der Waals surface area contributed by atoms with E-state index in [-0.39, 0.29) is 0 Å². The molecule has 3 rings (SSSR count). The number of halogens is 12. The summed E-state index contributed by atoms with van der Waals surface area (Å²) in [6.45, 7) is 0. The van der Waals surface area contributed by atoms with Gasteiger partial charge in [0.2, 0.25) is 0 Å². The maximum Gasteiger partial charge on any atom is 0.435 e. The molecule has 0 saturated heterocycles. The fourth-order valence-electron chi connectivity index (χ4n) is 2.51. The molecule has 0 saturated carbocycles. The highest BCUT2D eigenvalue weighted by Crippen LogP contribution is 2.41. The highest BCUT2D eigenvalue weighted by molar-refractivity contribution is 5.59. The van der Waals surface area contributed by atoms with Crippen LogP contribution in [-0.2, 0) is 24.7 Å². The Kier molecular flexibility index (Phi) is 5.21. The highest BCUT2D eigenvalue weighted by Gasteiger charge is 2.48. The van der Waals surface area contributed by atoms with Crippen LogP contribution in [-0.4, -0.2) is 24.9 Å². The number of aromatic nitrogens is 5. The van der Waals surface area contributed by atoms with E-state index in [4.69, 9.17) is 0 Å². The smallest absolute Gasteiger partial charge is 0.333 e. The van der Waals surface area contributed by atoms with Crippen LogP contribution in [0.2, 0.25) is 0 Å². The molecule has 17 heteroatoms. The van der Waals surface area contributed by atoms with Gasteiger partial charge in [-0.15, -0.1) is 0 Å². The molecule has 0 amide bonds. The maximum absolute atomic E-state index is 12.9. The molecule has 0 aliphatic rings. The molecule has 0 fully saturated rings. The molecule has 3 aromatic rings. The Hall–Kier alpha value is -3.27. The molecule has 32 heavy (non-hydrogen) atoms. The normalized spacial score (nSPS) is 13.6. The van der Waals surface area contributed by atoms with Gasteiger partial charge < -0.3 is 9.97 Å². The Morgan fingerprint density at radius 3 is 1.09 bits per heavy atom. The summed E-state index contributed by atoms with van der Waals surface area (Å²) in [5, 5.41) is 0. The van der Waals surface area contributed by atoms with Crippen LogP contribution in [0.25, 0.3) is 23.0 Å². The summed E-state index contributed by atoms with van der Waals surface area (Å²) in [6, 6.07) is 2.57. The van der Waals surface area contributed by atoms with Crippen molar-refractivity contribution in [2.24, 2.45) is 0 Å². The van der Waals surface area contributed by atoms with Gasteiger partial charge >= 0.3 is 24.7 Å². The second kappa shape index (κ2) is 7.13. The lowest BCUT2D eigenvalue weighted by molar-refractivity contribution is -0.165. The number of hydrogen-bond donors (Lipinski definition) is 2. The predicted molar refractivity (Wildman–Crippen MR) is 79.4 cm³/mol. The van der Waals surface area contributed by atoms with E-state index in [1.165, 1.54) is 9.97 Å². The van der Waals surface area contributed by atoms with Crippen molar-refractivity contribution in [1.29, 1.82) is 0 Å². The van der Waals surface area contributed by atoms with E-state index in [2.05, 4.69) is 15.0 Å². The second-order valence-corrected chi connectivity index (χ2v) is 6.02. The third-order valence-corrected chi connectivity index (χ3v) is 3.75. The van der Waals surface area contributed by atoms with E-state index >= 15 is 0 Å². The molecule has 0 aliphatic heterocycles. The number of nitrogens with one attached hydrogen (secondary N) is 2. The SMILES string of the molecule is FC(F)(F)c1nc(-c2cccc(-c3nc(C(F)(F)F)c(C(F)(F)F)[nH]3)n2)[nH]c1C(F)(F)F. The van der Waals surface area contributed by atoms with Crippen molar-refractivity contribution >= 4 is 0 Å². The lowest BCUT2D eigenvalue weighted by Gasteiger charge is -2.08. The van der Waals surface area contributed by atoms with E-state index in [1.54, 1.807) is 0 Å². The molecule has 0 aliphatic carbocycles. The minimum Gasteiger partial charge on any atom is -0.333 e. The molecule has 3 aromatic heterocycles. The summed E-state index contributed by atoms with van der Waals surface area (Å²) >= 11 is 0. The minimum absolute atomic E-state index is 0.734. The number of pyridine rings is 1. The third kappa shape index (κ3) is 4.50. The van der Waals surface area contributed by atoms with E-state index in [9.17, 15) is 52.7 Å². The van der Waals surface area contributed by atoms with E-state index in [1.807, 2.05) is 0 Å². The van der Waals surface area contributed by atoms with Crippen molar-refractivity contribution in [3.05, 3.63) is 41.0 Å². The number of rotatable bonds is 2. The third-order valence-electron chi connectivity index (χ3n) is 3.75. The number of alkyl halides is 12. The monoisotopic (exact) mass is 483 g/mol. The quantitative estimate of drug-likeness (QED) is 0.444. The van der Waals surface area contributed by atoms with Crippen molar-refractivity contribution in [2.45, 2.75) is 24.7 Å². The first kappa shape index (κ1) is 23.4. The van der Waals surface area contributed by atoms with Crippen LogP contribution < -0.4 is 0 Å². The lowest BCUT2D eigenvalue weighted by Crippen LogP contribution is -2.16. The zero-order valence-corrected chi connectivity index (χ0v) is 14.6. The minimum atomic E-state index is -5.53. The lowest BCUT2D eigenvalue weighted by atomic mass is 10.3. The van der Waals surface area contributed by atoms with Crippen LogP contribution >= 0.6 is 0 Å². The van der Waals surface area contributed by atoms with Crippen LogP contribution in [0.4, 0.5) is 52.7 Å². The van der Waals surface area contributed by atoms with Gasteiger partial charge in [0, 0.05) is 0 Å². The molecule has 174 valence electrons. The summed E-state index contributed by atoms with van der Waals surface area (Å²) in [5.41, 5.74) is -10.6. The van der Waals surface area contributed by atoms with Gasteiger partial charge in [0.15, 0.2) is 34.4 Å². The number of imidazole rings is 2. The van der Waals surface area contributed by atoms with E-state index in [0.29, 0.717) is 0 Å². The van der Waals surface area contributed by atoms with Crippen LogP contribution in [0.3, 0.4) is 0 Å². The molecule has 0 spiro atoms. The Bertz CT molecular complexity index is 981. The fourth-order valence-corrected chi connectivity index (χ4v) is 2.51. The van der Waals surface area contributed by atoms with Crippen LogP contribution in [0, 0.1) is 0 Å². The molecular formula is C15H5F12N5. The molecule has 2 N–H and O–H groups in total. The molecule has 0 bridgehead atoms. The topological polar surface area (TPSA) is 70.2 Å². The van der Waals surface area contributed by atoms with Crippen molar-refractivity contribution in [3.63, 3.8) is 0 Å². The summed E-state index contributed by atoms with van der Waals surface area (Å²) in [7, 11) is 0. The zero-order valence-electron chi connectivity index (χ0n) is 14.6. The average molecular weight is 483 g/mol. The number of hydrogen-bond acceptors (Lipinski definition) is 3. The molecule has 0 aromatic carbocycles. The average Bonchev–Trinajstić information content (AvgIpc) is 3.26. The van der Waals surface area contributed by atoms with Gasteiger partial charge in [-0.2, -0.15) is 52.7 Å². The van der Waals surface area contributed by atoms with Crippen molar-refractivity contribution < 1.29 is 52.7 Å². The second-order valence-electron chi connectivity index (χ2n) is 6.02. The predicted octanol–water partition coefficient (Wildman–Crippen LogP) is 5.94. The Labute approximate surface area is 167 Å². The number of H-pyrrole nitrogens is 2. The van der Waals surface area contributed by atoms with Gasteiger partial charge in [-0.3, -0.25) is 0 Å². The van der Waals surface area contributed by atoms with E-state index in [0.717, 1.165) is 18.2 Å². The summed E-state index contributed by atoms with van der Waals surface area (Å²) in [5.74, 6) is -2.16. The summed E-state index contributed by atoms with van der Waals surface area (Å²) in [6.07, 6.45) is -22.1. The molecule has 0 atom stereocenters. The number of aromatic amines is 2. The Morgan fingerprint density at radius 2 is 0.844 bits per heavy atom. The molecule has 0 radical (unpaired) electrons. The van der Waals surface area contributed by atoms with Gasteiger partial charge in [0.1, 0.15) is 11.4 Å². The highest BCUT2D eigenvalue weighted by atomic mass is 19.4. The van der Waals surface area contributed by atoms with Gasteiger partial charge in [0.05, 0.1) is 0 Å². The van der Waals surface area contributed by atoms with Crippen molar-refractivity contribution in [3.8, 4) is 23.0 Å². The van der Waals surface area contributed by atoms with Crippen molar-refractivity contribution in [1.82, 2.24) is 24.9 Å². The molecule has 0 unspecified atom stereocenters. The van der Waals surface area contributed by atoms with Gasteiger partial charge in [-0.25, -0.2) is 15.0 Å². The van der Waals surface area contributed by atoms with Crippen molar-refractivity contribution in [2.75, 3.05) is 0 Å². The standard InChI is InChI=1S/C15H5F12N5/c16-12(17,18)6-7(13(19,20)21)30-10(29-6)4-2-1-3-5(28-4)11-31-8(14(22,23)24)9(32-11)15(25,26)27/h1-3H,(H,29,30)(H,31,32). The molecule has 3 heterocycles. The fraction of sp³-hybridized carbons (Fsp3) is 0.267. The Balaban J connectivity index is 2.13. The largest absolute Gasteiger partial charge is 0.435 e. The van der Waals surface area contributed by atoms with Gasteiger partial charge in [0.25, 0.3) is 0 Å². The zero-order chi connectivity index (χ0) is 24.3. The maximum atomic E-state index is 12.9. The first-order valence-electron chi connectivity index (χ1n) is 7.85. The summed E-state index contributed by atoms with van der Waals surface area (Å²) < 4.78 is 155. The molecular weight excluding hydrogens is 478 g/mol. The van der Waals surface area contributed by atoms with Crippen LogP contribution in [0.5, 0.6) is 0 Å². The van der Waals surface area contributed by atoms with E-state index < -0.39 is 70.5 Å². The Morgan fingerprint density at radius 1 is 0.500 bits per heavy atom. The first-order chi connectivity index (χ1) is 14.4. The van der Waals surface area contributed by atoms with Gasteiger partial charge in [-0.05, 0) is 12.1 Å². The first-order valence-corrected chi connectivity index (χ1v) is 7.85. The van der Waals surface area contributed by atoms with Crippen LogP contribution in [0.15, 0.2) is 18.2 Å². The summed E-state index contributed by atoms with van der Waals surface area (Å²) in [4.78, 5) is 11.9. The molecule has 5 nitrogen and oxygen atoms in total. The van der Waals surface area contributed by atoms with Gasteiger partial charge in [-0.1, -0.05) is 6.07 Å².